The molecule has 1 heterocycles. The number of nitrogens with zero attached hydrogens (tertiary/aromatic N) is 1. The van der Waals surface area contributed by atoms with Gasteiger partial charge in [0, 0.05) is 19.1 Å². The molecule has 8 heteroatoms. The zero-order chi connectivity index (χ0) is 21.4. The van der Waals surface area contributed by atoms with Gasteiger partial charge >= 0.3 is 18.2 Å². The summed E-state index contributed by atoms with van der Waals surface area (Å²) in [5.41, 5.74) is 0.210. The van der Waals surface area contributed by atoms with Crippen LogP contribution in [0.5, 0.6) is 0 Å². The first-order valence-corrected chi connectivity index (χ1v) is 9.81. The van der Waals surface area contributed by atoms with E-state index in [1.807, 2.05) is 30.3 Å². The van der Waals surface area contributed by atoms with Gasteiger partial charge in [-0.3, -0.25) is 4.79 Å². The van der Waals surface area contributed by atoms with Gasteiger partial charge in [-0.2, -0.15) is 0 Å². The van der Waals surface area contributed by atoms with Gasteiger partial charge in [-0.25, -0.2) is 9.59 Å². The maximum atomic E-state index is 12.4. The number of carboxylic acid groups (broad SMARTS) is 1. The summed E-state index contributed by atoms with van der Waals surface area (Å²) in [4.78, 5) is 37.5. The van der Waals surface area contributed by atoms with Gasteiger partial charge in [-0.1, -0.05) is 30.3 Å². The van der Waals surface area contributed by atoms with Crippen molar-refractivity contribution in [3.8, 4) is 0 Å². The lowest BCUT2D eigenvalue weighted by Crippen LogP contribution is -2.50. The number of likely N-dealkylation sites (tertiary alicyclic amines) is 1. The quantitative estimate of drug-likeness (QED) is 0.750. The van der Waals surface area contributed by atoms with E-state index in [4.69, 9.17) is 9.47 Å². The van der Waals surface area contributed by atoms with Crippen molar-refractivity contribution in [1.82, 2.24) is 10.2 Å². The van der Waals surface area contributed by atoms with E-state index in [1.54, 1.807) is 25.7 Å². The minimum Gasteiger partial charge on any atom is -0.481 e. The number of carboxylic acids is 1. The molecule has 0 bridgehead atoms. The van der Waals surface area contributed by atoms with Gasteiger partial charge in [-0.15, -0.1) is 0 Å². The maximum absolute atomic E-state index is 12.4. The molecule has 160 valence electrons. The number of amides is 2. The highest BCUT2D eigenvalue weighted by Crippen LogP contribution is 2.23. The first-order valence-electron chi connectivity index (χ1n) is 9.81. The van der Waals surface area contributed by atoms with E-state index in [2.05, 4.69) is 5.32 Å². The average molecular weight is 406 g/mol. The second-order valence-electron chi connectivity index (χ2n) is 8.24. The highest BCUT2D eigenvalue weighted by Gasteiger charge is 2.33. The zero-order valence-electron chi connectivity index (χ0n) is 17.2. The first-order chi connectivity index (χ1) is 13.6. The topological polar surface area (TPSA) is 105 Å². The summed E-state index contributed by atoms with van der Waals surface area (Å²) >= 11 is 0. The van der Waals surface area contributed by atoms with Crippen LogP contribution >= 0.6 is 0 Å². The number of hydrogen-bond acceptors (Lipinski definition) is 5. The molecule has 0 saturated carbocycles. The fraction of sp³-hybridized carbons (Fsp3) is 0.571. The molecule has 2 rings (SSSR count). The summed E-state index contributed by atoms with van der Waals surface area (Å²) in [6.07, 6.45) is 0.0713. The van der Waals surface area contributed by atoms with Crippen LogP contribution in [-0.4, -0.2) is 52.9 Å². The number of carbonyl (C=O) groups excluding carboxylic acids is 2. The number of nitrogens with one attached hydrogen (secondary N) is 1. The van der Waals surface area contributed by atoms with E-state index in [1.165, 1.54) is 0 Å². The second-order valence-corrected chi connectivity index (χ2v) is 8.24. The number of aliphatic carboxylic acids is 1. The van der Waals surface area contributed by atoms with Gasteiger partial charge < -0.3 is 24.8 Å². The van der Waals surface area contributed by atoms with E-state index in [0.29, 0.717) is 25.9 Å². The second kappa shape index (κ2) is 10.1. The van der Waals surface area contributed by atoms with Crippen molar-refractivity contribution in [2.24, 2.45) is 5.92 Å². The van der Waals surface area contributed by atoms with Crippen LogP contribution in [0.1, 0.15) is 45.6 Å². The number of carbonyl (C=O) groups is 3. The molecule has 1 aromatic carbocycles. The molecule has 1 saturated heterocycles. The molecule has 8 nitrogen and oxygen atoms in total. The molecule has 2 atom stereocenters. The summed E-state index contributed by atoms with van der Waals surface area (Å²) in [6.45, 7) is 6.25. The van der Waals surface area contributed by atoms with Crippen molar-refractivity contribution in [2.45, 2.75) is 58.3 Å². The SMILES string of the molecule is CC(C)(C)OC(=O)NC(CC(=O)O)C1CCCN(C(=O)OCc2ccccc2)C1. The Morgan fingerprint density at radius 3 is 2.55 bits per heavy atom. The Bertz CT molecular complexity index is 701. The van der Waals surface area contributed by atoms with Gasteiger partial charge in [-0.05, 0) is 45.1 Å². The Hall–Kier alpha value is -2.77. The Labute approximate surface area is 171 Å². The van der Waals surface area contributed by atoms with Crippen molar-refractivity contribution in [3.63, 3.8) is 0 Å². The fourth-order valence-corrected chi connectivity index (χ4v) is 3.30. The summed E-state index contributed by atoms with van der Waals surface area (Å²) in [7, 11) is 0. The minimum atomic E-state index is -1.02. The lowest BCUT2D eigenvalue weighted by Gasteiger charge is -2.36. The van der Waals surface area contributed by atoms with Crippen molar-refractivity contribution in [2.75, 3.05) is 13.1 Å². The van der Waals surface area contributed by atoms with Gasteiger partial charge in [0.1, 0.15) is 12.2 Å². The number of alkyl carbamates (subject to hydrolysis) is 1. The molecule has 0 radical (unpaired) electrons. The van der Waals surface area contributed by atoms with E-state index >= 15 is 0 Å². The van der Waals surface area contributed by atoms with Crippen molar-refractivity contribution in [3.05, 3.63) is 35.9 Å². The third-order valence-corrected chi connectivity index (χ3v) is 4.59. The summed E-state index contributed by atoms with van der Waals surface area (Å²) in [5.74, 6) is -1.22. The van der Waals surface area contributed by atoms with Crippen molar-refractivity contribution in [1.29, 1.82) is 0 Å². The maximum Gasteiger partial charge on any atom is 0.410 e. The zero-order valence-corrected chi connectivity index (χ0v) is 17.2. The average Bonchev–Trinajstić information content (AvgIpc) is 2.64. The Balaban J connectivity index is 1.95. The van der Waals surface area contributed by atoms with Gasteiger partial charge in [0.2, 0.25) is 0 Å². The third-order valence-electron chi connectivity index (χ3n) is 4.59. The highest BCUT2D eigenvalue weighted by atomic mass is 16.6. The molecule has 2 N–H and O–H groups in total. The smallest absolute Gasteiger partial charge is 0.410 e. The molecule has 0 aliphatic carbocycles. The van der Waals surface area contributed by atoms with Crippen LogP contribution in [0.15, 0.2) is 30.3 Å². The molecular weight excluding hydrogens is 376 g/mol. The number of rotatable bonds is 6. The molecular formula is C21H30N2O6. The van der Waals surface area contributed by atoms with Crippen LogP contribution < -0.4 is 5.32 Å². The van der Waals surface area contributed by atoms with Crippen molar-refractivity contribution < 1.29 is 29.0 Å². The molecule has 1 aromatic rings. The molecule has 29 heavy (non-hydrogen) atoms. The molecule has 1 aliphatic rings. The molecule has 2 amide bonds. The normalized spacial score (nSPS) is 17.9. The standard InChI is InChI=1S/C21H30N2O6/c1-21(2,3)29-19(26)22-17(12-18(24)25)16-10-7-11-23(13-16)20(27)28-14-15-8-5-4-6-9-15/h4-6,8-9,16-17H,7,10-14H2,1-3H3,(H,22,26)(H,24,25). The third kappa shape index (κ3) is 8.01. The van der Waals surface area contributed by atoms with Crippen molar-refractivity contribution >= 4 is 18.2 Å². The van der Waals surface area contributed by atoms with Gasteiger partial charge in [0.25, 0.3) is 0 Å². The lowest BCUT2D eigenvalue weighted by molar-refractivity contribution is -0.138. The summed E-state index contributed by atoms with van der Waals surface area (Å²) in [5, 5.41) is 11.9. The fourth-order valence-electron chi connectivity index (χ4n) is 3.30. The van der Waals surface area contributed by atoms with Crippen LogP contribution in [0.25, 0.3) is 0 Å². The first kappa shape index (κ1) is 22.5. The number of benzene rings is 1. The van der Waals surface area contributed by atoms with Crippen LogP contribution in [-0.2, 0) is 20.9 Å². The molecule has 0 spiro atoms. The minimum absolute atomic E-state index is 0.176. The predicted octanol–water partition coefficient (Wildman–Crippen LogP) is 3.40. The Morgan fingerprint density at radius 2 is 1.93 bits per heavy atom. The van der Waals surface area contributed by atoms with Crippen LogP contribution in [0.2, 0.25) is 0 Å². The molecule has 1 aliphatic heterocycles. The summed E-state index contributed by atoms with van der Waals surface area (Å²) in [6, 6.07) is 8.76. The number of hydrogen-bond donors (Lipinski definition) is 2. The van der Waals surface area contributed by atoms with Crippen LogP contribution in [0, 0.1) is 5.92 Å². The highest BCUT2D eigenvalue weighted by molar-refractivity contribution is 5.72. The monoisotopic (exact) mass is 406 g/mol. The van der Waals surface area contributed by atoms with Gasteiger partial charge in [0.05, 0.1) is 6.42 Å². The van der Waals surface area contributed by atoms with Crippen LogP contribution in [0.3, 0.4) is 0 Å². The Kier molecular flexibility index (Phi) is 7.87. The number of piperidine rings is 1. The van der Waals surface area contributed by atoms with E-state index in [0.717, 1.165) is 5.56 Å². The molecule has 0 aromatic heterocycles. The molecule has 2 unspecified atom stereocenters. The van der Waals surface area contributed by atoms with E-state index < -0.39 is 29.8 Å². The van der Waals surface area contributed by atoms with E-state index in [-0.39, 0.29) is 18.9 Å². The lowest BCUT2D eigenvalue weighted by atomic mass is 9.89. The van der Waals surface area contributed by atoms with E-state index in [9.17, 15) is 19.5 Å². The predicted molar refractivity (Wildman–Crippen MR) is 106 cm³/mol. The largest absolute Gasteiger partial charge is 0.481 e. The van der Waals surface area contributed by atoms with Crippen LogP contribution in [0.4, 0.5) is 9.59 Å². The van der Waals surface area contributed by atoms with Gasteiger partial charge in [0.15, 0.2) is 0 Å². The summed E-state index contributed by atoms with van der Waals surface area (Å²) < 4.78 is 10.6. The number of ether oxygens (including phenoxy) is 2. The molecule has 1 fully saturated rings. The Morgan fingerprint density at radius 1 is 1.24 bits per heavy atom.